The highest BCUT2D eigenvalue weighted by molar-refractivity contribution is 6.02. The molecule has 0 aliphatic carbocycles. The number of rotatable bonds is 4. The molecule has 0 bridgehead atoms. The number of hydrogen-bond acceptors (Lipinski definition) is 3. The number of aldehydes is 1. The van der Waals surface area contributed by atoms with Crippen LogP contribution in [0.15, 0.2) is 11.1 Å². The molecular formula is C11H21NO2. The number of likely N-dealkylation sites (N-methyl/N-ethyl adjacent to an activating group) is 1. The topological polar surface area (TPSA) is 46.2 Å². The normalized spacial score (nSPS) is 13.3. The molecule has 0 saturated carbocycles. The Morgan fingerprint density at radius 2 is 1.71 bits per heavy atom. The van der Waals surface area contributed by atoms with Gasteiger partial charge in [0.2, 0.25) is 0 Å². The summed E-state index contributed by atoms with van der Waals surface area (Å²) in [6.07, 6.45) is 0.704. The largest absolute Gasteiger partial charge is 0.310 e. The van der Waals surface area contributed by atoms with Crippen molar-refractivity contribution in [3.63, 3.8) is 0 Å². The number of nitrogens with one attached hydrogen (secondary N) is 1. The maximum Gasteiger partial charge on any atom is 0.175 e. The van der Waals surface area contributed by atoms with Gasteiger partial charge in [0.1, 0.15) is 6.29 Å². The molecule has 0 amide bonds. The molecule has 14 heavy (non-hydrogen) atoms. The summed E-state index contributed by atoms with van der Waals surface area (Å²) in [7, 11) is 1.71. The van der Waals surface area contributed by atoms with E-state index in [0.29, 0.717) is 17.4 Å². The zero-order chi connectivity index (χ0) is 11.7. The van der Waals surface area contributed by atoms with E-state index in [4.69, 9.17) is 0 Å². The Bertz CT molecular complexity index is 219. The molecule has 0 radical (unpaired) electrons. The second kappa shape index (κ2) is 8.63. The fourth-order valence-corrected chi connectivity index (χ4v) is 0.739. The summed E-state index contributed by atoms with van der Waals surface area (Å²) >= 11 is 0. The van der Waals surface area contributed by atoms with Gasteiger partial charge in [0.05, 0.1) is 6.04 Å². The standard InChI is InChI=1S/C9H15NO2.C2H6/c1-6(5-11)7(2)9(12)8(3)10-4;1-2/h5,8,10H,1-4H3;1-2H3/b7-6-;. The van der Waals surface area contributed by atoms with Crippen molar-refractivity contribution in [1.29, 1.82) is 0 Å². The highest BCUT2D eigenvalue weighted by Gasteiger charge is 2.13. The quantitative estimate of drug-likeness (QED) is 0.554. The first-order valence-electron chi connectivity index (χ1n) is 4.88. The van der Waals surface area contributed by atoms with E-state index in [9.17, 15) is 9.59 Å². The molecule has 0 aromatic carbocycles. The zero-order valence-electron chi connectivity index (χ0n) is 9.97. The molecule has 0 saturated heterocycles. The lowest BCUT2D eigenvalue weighted by Crippen LogP contribution is -2.31. The molecule has 0 rings (SSSR count). The molecule has 0 aliphatic rings. The summed E-state index contributed by atoms with van der Waals surface area (Å²) in [5, 5.41) is 2.82. The van der Waals surface area contributed by atoms with Crippen LogP contribution in [0.1, 0.15) is 34.6 Å². The van der Waals surface area contributed by atoms with Gasteiger partial charge in [0, 0.05) is 0 Å². The average molecular weight is 199 g/mol. The van der Waals surface area contributed by atoms with Gasteiger partial charge < -0.3 is 5.32 Å². The van der Waals surface area contributed by atoms with Crippen LogP contribution >= 0.6 is 0 Å². The van der Waals surface area contributed by atoms with Gasteiger partial charge in [-0.3, -0.25) is 9.59 Å². The second-order valence-corrected chi connectivity index (χ2v) is 2.80. The molecule has 1 atom stereocenters. The van der Waals surface area contributed by atoms with Crippen LogP contribution in [0.4, 0.5) is 0 Å². The van der Waals surface area contributed by atoms with Crippen LogP contribution in [0.2, 0.25) is 0 Å². The molecule has 82 valence electrons. The van der Waals surface area contributed by atoms with Crippen molar-refractivity contribution in [1.82, 2.24) is 5.32 Å². The van der Waals surface area contributed by atoms with Gasteiger partial charge in [-0.05, 0) is 39.0 Å². The molecule has 0 aliphatic heterocycles. The zero-order valence-corrected chi connectivity index (χ0v) is 9.97. The third-order valence-electron chi connectivity index (χ3n) is 1.96. The Hall–Kier alpha value is -0.960. The Balaban J connectivity index is 0. The molecular weight excluding hydrogens is 178 g/mol. The molecule has 3 heteroatoms. The minimum atomic E-state index is -0.222. The molecule has 0 fully saturated rings. The van der Waals surface area contributed by atoms with Crippen molar-refractivity contribution in [3.05, 3.63) is 11.1 Å². The highest BCUT2D eigenvalue weighted by Crippen LogP contribution is 2.04. The minimum absolute atomic E-state index is 0.0258. The van der Waals surface area contributed by atoms with E-state index < -0.39 is 0 Å². The van der Waals surface area contributed by atoms with Crippen LogP contribution in [-0.2, 0) is 9.59 Å². The fourth-order valence-electron chi connectivity index (χ4n) is 0.739. The monoisotopic (exact) mass is 199 g/mol. The molecule has 0 aromatic heterocycles. The van der Waals surface area contributed by atoms with E-state index in [2.05, 4.69) is 5.32 Å². The number of carbonyl (C=O) groups is 2. The van der Waals surface area contributed by atoms with E-state index in [1.165, 1.54) is 0 Å². The Labute approximate surface area is 86.6 Å². The smallest absolute Gasteiger partial charge is 0.175 e. The lowest BCUT2D eigenvalue weighted by Gasteiger charge is -2.09. The van der Waals surface area contributed by atoms with Gasteiger partial charge in [-0.1, -0.05) is 13.8 Å². The average Bonchev–Trinajstić information content (AvgIpc) is 2.27. The maximum absolute atomic E-state index is 11.4. The lowest BCUT2D eigenvalue weighted by molar-refractivity contribution is -0.117. The number of allylic oxidation sites excluding steroid dienone is 1. The van der Waals surface area contributed by atoms with Crippen LogP contribution in [0.25, 0.3) is 0 Å². The third kappa shape index (κ3) is 4.92. The predicted molar refractivity (Wildman–Crippen MR) is 59.3 cm³/mol. The van der Waals surface area contributed by atoms with Gasteiger partial charge in [0.15, 0.2) is 5.78 Å². The first kappa shape index (κ1) is 15.5. The lowest BCUT2D eigenvalue weighted by atomic mass is 10.0. The minimum Gasteiger partial charge on any atom is -0.310 e. The summed E-state index contributed by atoms with van der Waals surface area (Å²) < 4.78 is 0. The summed E-state index contributed by atoms with van der Waals surface area (Å²) in [5.41, 5.74) is 1.04. The fraction of sp³-hybridized carbons (Fsp3) is 0.636. The van der Waals surface area contributed by atoms with Crippen LogP contribution in [-0.4, -0.2) is 25.2 Å². The van der Waals surface area contributed by atoms with Gasteiger partial charge in [-0.2, -0.15) is 0 Å². The van der Waals surface area contributed by atoms with Gasteiger partial charge in [0.25, 0.3) is 0 Å². The number of Topliss-reactive ketones (excluding diaryl/α,β-unsaturated/α-hetero) is 1. The van der Waals surface area contributed by atoms with Crippen LogP contribution in [0, 0.1) is 0 Å². The van der Waals surface area contributed by atoms with Crippen molar-refractivity contribution in [2.75, 3.05) is 7.05 Å². The molecule has 3 nitrogen and oxygen atoms in total. The molecule has 0 spiro atoms. The van der Waals surface area contributed by atoms with Gasteiger partial charge >= 0.3 is 0 Å². The summed E-state index contributed by atoms with van der Waals surface area (Å²) in [6, 6.07) is -0.222. The SMILES string of the molecule is CC.CNC(C)C(=O)/C(C)=C(/C)C=O. The van der Waals surface area contributed by atoms with Gasteiger partial charge in [-0.15, -0.1) is 0 Å². The number of ketones is 1. The number of carbonyl (C=O) groups excluding carboxylic acids is 2. The van der Waals surface area contributed by atoms with Crippen LogP contribution < -0.4 is 5.32 Å². The molecule has 1 unspecified atom stereocenters. The predicted octanol–water partition coefficient (Wildman–Crippen LogP) is 1.72. The second-order valence-electron chi connectivity index (χ2n) is 2.80. The first-order chi connectivity index (χ1) is 6.54. The van der Waals surface area contributed by atoms with E-state index in [0.717, 1.165) is 0 Å². The van der Waals surface area contributed by atoms with Crippen LogP contribution in [0.5, 0.6) is 0 Å². The van der Waals surface area contributed by atoms with Crippen molar-refractivity contribution in [2.45, 2.75) is 40.7 Å². The van der Waals surface area contributed by atoms with E-state index in [-0.39, 0.29) is 11.8 Å². The van der Waals surface area contributed by atoms with E-state index in [1.54, 1.807) is 27.8 Å². The summed E-state index contributed by atoms with van der Waals surface area (Å²) in [4.78, 5) is 21.7. The summed E-state index contributed by atoms with van der Waals surface area (Å²) in [6.45, 7) is 9.08. The van der Waals surface area contributed by atoms with Crippen LogP contribution in [0.3, 0.4) is 0 Å². The third-order valence-corrected chi connectivity index (χ3v) is 1.96. The Morgan fingerprint density at radius 1 is 1.29 bits per heavy atom. The Kier molecular flexibility index (Phi) is 9.56. The summed E-state index contributed by atoms with van der Waals surface area (Å²) in [5.74, 6) is -0.0258. The highest BCUT2D eigenvalue weighted by atomic mass is 16.1. The van der Waals surface area contributed by atoms with E-state index >= 15 is 0 Å². The first-order valence-corrected chi connectivity index (χ1v) is 4.88. The van der Waals surface area contributed by atoms with Crippen molar-refractivity contribution in [2.24, 2.45) is 0 Å². The number of hydrogen-bond donors (Lipinski definition) is 1. The Morgan fingerprint density at radius 3 is 2.00 bits per heavy atom. The molecule has 0 aromatic rings. The van der Waals surface area contributed by atoms with Crippen molar-refractivity contribution in [3.8, 4) is 0 Å². The van der Waals surface area contributed by atoms with Crippen molar-refractivity contribution < 1.29 is 9.59 Å². The molecule has 0 heterocycles. The molecule has 1 N–H and O–H groups in total. The van der Waals surface area contributed by atoms with Crippen molar-refractivity contribution >= 4 is 12.1 Å². The maximum atomic E-state index is 11.4. The van der Waals surface area contributed by atoms with E-state index in [1.807, 2.05) is 13.8 Å². The van der Waals surface area contributed by atoms with Gasteiger partial charge in [-0.25, -0.2) is 0 Å².